The highest BCUT2D eigenvalue weighted by molar-refractivity contribution is 7.16. The second kappa shape index (κ2) is 7.06. The van der Waals surface area contributed by atoms with Crippen LogP contribution in [0.25, 0.3) is 10.2 Å². The van der Waals surface area contributed by atoms with Crippen molar-refractivity contribution in [2.45, 2.75) is 26.9 Å². The third-order valence-corrected chi connectivity index (χ3v) is 4.82. The van der Waals surface area contributed by atoms with Crippen LogP contribution in [0.3, 0.4) is 0 Å². The van der Waals surface area contributed by atoms with Gasteiger partial charge in [-0.1, -0.05) is 5.16 Å². The zero-order valence-electron chi connectivity index (χ0n) is 14.3. The van der Waals surface area contributed by atoms with E-state index < -0.39 is 0 Å². The lowest BCUT2D eigenvalue weighted by molar-refractivity contribution is 0.206. The van der Waals surface area contributed by atoms with Gasteiger partial charge in [0.1, 0.15) is 10.6 Å². The first-order valence-electron chi connectivity index (χ1n) is 7.80. The molecule has 3 aromatic rings. The summed E-state index contributed by atoms with van der Waals surface area (Å²) in [6.45, 7) is 4.78. The molecule has 8 nitrogen and oxygen atoms in total. The highest BCUT2D eigenvalue weighted by atomic mass is 32.1. The van der Waals surface area contributed by atoms with Crippen LogP contribution in [-0.4, -0.2) is 39.2 Å². The minimum Gasteiger partial charge on any atom is -0.361 e. The molecular weight excluding hydrogens is 342 g/mol. The molecule has 0 unspecified atom stereocenters. The van der Waals surface area contributed by atoms with Gasteiger partial charge in [-0.15, -0.1) is 11.3 Å². The van der Waals surface area contributed by atoms with Gasteiger partial charge in [-0.25, -0.2) is 9.78 Å². The Labute approximate surface area is 148 Å². The number of nitrogens with one attached hydrogen (secondary N) is 1. The number of aryl methyl sites for hydroxylation is 2. The molecule has 25 heavy (non-hydrogen) atoms. The summed E-state index contributed by atoms with van der Waals surface area (Å²) in [5.74, 6) is 0.707. The van der Waals surface area contributed by atoms with E-state index in [0.29, 0.717) is 30.8 Å². The van der Waals surface area contributed by atoms with Crippen LogP contribution in [0.2, 0.25) is 0 Å². The fourth-order valence-electron chi connectivity index (χ4n) is 2.51. The Morgan fingerprint density at radius 3 is 2.96 bits per heavy atom. The van der Waals surface area contributed by atoms with Crippen LogP contribution in [0, 0.1) is 13.8 Å². The molecular formula is C16H19N5O3S. The number of hydrogen-bond acceptors (Lipinski definition) is 6. The summed E-state index contributed by atoms with van der Waals surface area (Å²) in [6.07, 6.45) is 1.51. The van der Waals surface area contributed by atoms with Crippen LogP contribution in [0.1, 0.15) is 17.0 Å². The minimum absolute atomic E-state index is 0.0930. The third kappa shape index (κ3) is 3.55. The van der Waals surface area contributed by atoms with Gasteiger partial charge in [-0.2, -0.15) is 0 Å². The molecule has 0 aliphatic heterocycles. The lowest BCUT2D eigenvalue weighted by Gasteiger charge is -2.18. The number of rotatable bonds is 5. The fourth-order valence-corrected chi connectivity index (χ4v) is 3.23. The van der Waals surface area contributed by atoms with Crippen LogP contribution >= 0.6 is 11.3 Å². The predicted molar refractivity (Wildman–Crippen MR) is 94.7 cm³/mol. The lowest BCUT2D eigenvalue weighted by Crippen LogP contribution is -2.39. The van der Waals surface area contributed by atoms with Crippen LogP contribution in [0.5, 0.6) is 0 Å². The molecule has 3 rings (SSSR count). The standard InChI is InChI=1S/C16H19N5O3S/c1-10-13(11(2)24-19-10)8-20(3)16(23)17-5-6-21-9-18-14-12(15(21)22)4-7-25-14/h4,7,9H,5-6,8H2,1-3H3,(H,17,23). The summed E-state index contributed by atoms with van der Waals surface area (Å²) in [7, 11) is 1.70. The van der Waals surface area contributed by atoms with Gasteiger partial charge in [0, 0.05) is 25.7 Å². The van der Waals surface area contributed by atoms with Gasteiger partial charge in [0.05, 0.1) is 24.0 Å². The molecule has 0 spiro atoms. The molecule has 0 radical (unpaired) electrons. The van der Waals surface area contributed by atoms with Crippen molar-refractivity contribution in [3.8, 4) is 0 Å². The summed E-state index contributed by atoms with van der Waals surface area (Å²) in [6, 6.07) is 1.54. The van der Waals surface area contributed by atoms with E-state index in [-0.39, 0.29) is 11.6 Å². The Hall–Kier alpha value is -2.68. The molecule has 0 saturated carbocycles. The van der Waals surface area contributed by atoms with E-state index in [2.05, 4.69) is 15.5 Å². The van der Waals surface area contributed by atoms with E-state index in [1.807, 2.05) is 19.2 Å². The predicted octanol–water partition coefficient (Wildman–Crippen LogP) is 1.90. The zero-order valence-corrected chi connectivity index (χ0v) is 15.1. The van der Waals surface area contributed by atoms with Crippen molar-refractivity contribution in [2.24, 2.45) is 0 Å². The number of nitrogens with zero attached hydrogens (tertiary/aromatic N) is 4. The molecule has 9 heteroatoms. The molecule has 0 saturated heterocycles. The van der Waals surface area contributed by atoms with Crippen molar-refractivity contribution in [3.63, 3.8) is 0 Å². The number of urea groups is 1. The number of amides is 2. The van der Waals surface area contributed by atoms with Crippen LogP contribution in [-0.2, 0) is 13.1 Å². The van der Waals surface area contributed by atoms with Crippen molar-refractivity contribution < 1.29 is 9.32 Å². The molecule has 0 bridgehead atoms. The first-order chi connectivity index (χ1) is 12.0. The third-order valence-electron chi connectivity index (χ3n) is 4.00. The first-order valence-corrected chi connectivity index (χ1v) is 8.68. The highest BCUT2D eigenvalue weighted by Gasteiger charge is 2.15. The molecule has 0 fully saturated rings. The minimum atomic E-state index is -0.224. The summed E-state index contributed by atoms with van der Waals surface area (Å²) in [4.78, 5) is 31.0. The van der Waals surface area contributed by atoms with Gasteiger partial charge in [0.2, 0.25) is 0 Å². The quantitative estimate of drug-likeness (QED) is 0.749. The Morgan fingerprint density at radius 2 is 2.24 bits per heavy atom. The maximum absolute atomic E-state index is 12.3. The monoisotopic (exact) mass is 361 g/mol. The Kier molecular flexibility index (Phi) is 4.84. The number of hydrogen-bond donors (Lipinski definition) is 1. The van der Waals surface area contributed by atoms with Crippen molar-refractivity contribution in [1.82, 2.24) is 24.9 Å². The van der Waals surface area contributed by atoms with Crippen LogP contribution < -0.4 is 10.9 Å². The van der Waals surface area contributed by atoms with Gasteiger partial charge >= 0.3 is 6.03 Å². The molecule has 0 aliphatic carbocycles. The number of thiophene rings is 1. The molecule has 2 amide bonds. The molecule has 3 heterocycles. The topological polar surface area (TPSA) is 93.3 Å². The van der Waals surface area contributed by atoms with E-state index in [4.69, 9.17) is 4.52 Å². The largest absolute Gasteiger partial charge is 0.361 e. The second-order valence-corrected chi connectivity index (χ2v) is 6.67. The van der Waals surface area contributed by atoms with Gasteiger partial charge in [0.25, 0.3) is 5.56 Å². The molecule has 1 N–H and O–H groups in total. The number of fused-ring (bicyclic) bond motifs is 1. The summed E-state index contributed by atoms with van der Waals surface area (Å²) in [5, 5.41) is 9.13. The molecule has 0 atom stereocenters. The maximum atomic E-state index is 12.3. The Morgan fingerprint density at radius 1 is 1.44 bits per heavy atom. The van der Waals surface area contributed by atoms with Crippen LogP contribution in [0.4, 0.5) is 4.79 Å². The first kappa shape index (κ1) is 17.2. The van der Waals surface area contributed by atoms with Gasteiger partial charge in [-0.3, -0.25) is 9.36 Å². The number of aromatic nitrogens is 3. The van der Waals surface area contributed by atoms with Crippen molar-refractivity contribution in [2.75, 3.05) is 13.6 Å². The van der Waals surface area contributed by atoms with Crippen molar-refractivity contribution in [1.29, 1.82) is 0 Å². The molecule has 0 aliphatic rings. The average molecular weight is 361 g/mol. The zero-order chi connectivity index (χ0) is 18.0. The fraction of sp³-hybridized carbons (Fsp3) is 0.375. The Bertz CT molecular complexity index is 939. The van der Waals surface area contributed by atoms with Gasteiger partial charge in [-0.05, 0) is 25.3 Å². The molecule has 0 aromatic carbocycles. The average Bonchev–Trinajstić information content (AvgIpc) is 3.19. The summed E-state index contributed by atoms with van der Waals surface area (Å²) >= 11 is 1.43. The van der Waals surface area contributed by atoms with Gasteiger partial charge in [0.15, 0.2) is 0 Å². The van der Waals surface area contributed by atoms with Crippen LogP contribution in [0.15, 0.2) is 27.1 Å². The van der Waals surface area contributed by atoms with E-state index in [9.17, 15) is 9.59 Å². The van der Waals surface area contributed by atoms with E-state index in [0.717, 1.165) is 16.1 Å². The van der Waals surface area contributed by atoms with E-state index in [1.165, 1.54) is 22.2 Å². The van der Waals surface area contributed by atoms with E-state index >= 15 is 0 Å². The maximum Gasteiger partial charge on any atom is 0.317 e. The SMILES string of the molecule is Cc1noc(C)c1CN(C)C(=O)NCCn1cnc2sccc2c1=O. The number of carbonyl (C=O) groups excluding carboxylic acids is 1. The molecule has 132 valence electrons. The lowest BCUT2D eigenvalue weighted by atomic mass is 10.2. The van der Waals surface area contributed by atoms with Gasteiger partial charge < -0.3 is 14.7 Å². The van der Waals surface area contributed by atoms with Crippen molar-refractivity contribution >= 4 is 27.6 Å². The second-order valence-electron chi connectivity index (χ2n) is 5.77. The normalized spacial score (nSPS) is 11.0. The van der Waals surface area contributed by atoms with Crippen molar-refractivity contribution in [3.05, 3.63) is 45.1 Å². The molecule has 3 aromatic heterocycles. The van der Waals surface area contributed by atoms with E-state index in [1.54, 1.807) is 18.0 Å². The highest BCUT2D eigenvalue weighted by Crippen LogP contribution is 2.14. The number of carbonyl (C=O) groups is 1. The Balaban J connectivity index is 1.56. The summed E-state index contributed by atoms with van der Waals surface area (Å²) < 4.78 is 6.61. The smallest absolute Gasteiger partial charge is 0.317 e. The summed E-state index contributed by atoms with van der Waals surface area (Å²) in [5.41, 5.74) is 1.59.